The fraction of sp³-hybridized carbons (Fsp3) is 0.231. The zero-order valence-electron chi connectivity index (χ0n) is 10.00. The summed E-state index contributed by atoms with van der Waals surface area (Å²) in [5.41, 5.74) is 2.34. The number of nitrogens with zero attached hydrogens (tertiary/aromatic N) is 3. The summed E-state index contributed by atoms with van der Waals surface area (Å²) in [5.74, 6) is 0.261. The smallest absolute Gasteiger partial charge is 0.191 e. The summed E-state index contributed by atoms with van der Waals surface area (Å²) in [4.78, 5) is 23.5. The fourth-order valence-corrected chi connectivity index (χ4v) is 1.58. The van der Waals surface area contributed by atoms with Gasteiger partial charge in [0.05, 0.1) is 5.56 Å². The second-order valence-electron chi connectivity index (χ2n) is 3.95. The van der Waals surface area contributed by atoms with E-state index >= 15 is 0 Å². The first-order valence-corrected chi connectivity index (χ1v) is 5.55. The van der Waals surface area contributed by atoms with E-state index in [2.05, 4.69) is 15.0 Å². The Balaban J connectivity index is 2.13. The van der Waals surface area contributed by atoms with Crippen molar-refractivity contribution in [3.8, 4) is 0 Å². The second-order valence-corrected chi connectivity index (χ2v) is 3.95. The third kappa shape index (κ3) is 2.95. The summed E-state index contributed by atoms with van der Waals surface area (Å²) < 4.78 is 0. The van der Waals surface area contributed by atoms with E-state index in [9.17, 15) is 4.79 Å². The molecule has 0 aliphatic rings. The lowest BCUT2D eigenvalue weighted by Crippen LogP contribution is -2.07. The summed E-state index contributed by atoms with van der Waals surface area (Å²) in [7, 11) is 0. The molecule has 0 amide bonds. The van der Waals surface area contributed by atoms with Gasteiger partial charge in [-0.25, -0.2) is 9.97 Å². The van der Waals surface area contributed by atoms with Gasteiger partial charge in [-0.15, -0.1) is 0 Å². The van der Waals surface area contributed by atoms with Crippen LogP contribution < -0.4 is 0 Å². The van der Waals surface area contributed by atoms with Gasteiger partial charge in [-0.05, 0) is 24.6 Å². The van der Waals surface area contributed by atoms with Crippen LogP contribution in [-0.2, 0) is 6.42 Å². The van der Waals surface area contributed by atoms with Crippen LogP contribution in [-0.4, -0.2) is 32.4 Å². The highest BCUT2D eigenvalue weighted by Gasteiger charge is 2.06. The summed E-state index contributed by atoms with van der Waals surface area (Å²) in [5, 5.41) is 8.71. The number of ketones is 1. The van der Waals surface area contributed by atoms with Gasteiger partial charge < -0.3 is 5.11 Å². The van der Waals surface area contributed by atoms with Crippen LogP contribution >= 0.6 is 0 Å². The molecule has 0 aliphatic heterocycles. The lowest BCUT2D eigenvalue weighted by Gasteiger charge is -2.02. The molecule has 0 fully saturated rings. The molecule has 2 aromatic heterocycles. The molecule has 0 radical (unpaired) electrons. The monoisotopic (exact) mass is 243 g/mol. The number of rotatable bonds is 4. The van der Waals surface area contributed by atoms with Crippen LogP contribution in [0, 0.1) is 6.92 Å². The van der Waals surface area contributed by atoms with Crippen molar-refractivity contribution in [2.24, 2.45) is 0 Å². The number of aromatic nitrogens is 3. The van der Waals surface area contributed by atoms with E-state index in [1.165, 1.54) is 12.4 Å². The van der Waals surface area contributed by atoms with Crippen LogP contribution in [0.1, 0.15) is 27.4 Å². The molecule has 5 nitrogen and oxygen atoms in total. The maximum atomic E-state index is 11.2. The van der Waals surface area contributed by atoms with Crippen LogP contribution in [0.3, 0.4) is 0 Å². The Bertz CT molecular complexity index is 552. The van der Waals surface area contributed by atoms with Gasteiger partial charge in [0.2, 0.25) is 0 Å². The molecule has 0 spiro atoms. The Morgan fingerprint density at radius 2 is 2.00 bits per heavy atom. The molecule has 92 valence electrons. The molecule has 1 N–H and O–H groups in total. The Labute approximate surface area is 105 Å². The highest BCUT2D eigenvalue weighted by molar-refractivity contribution is 5.96. The van der Waals surface area contributed by atoms with Crippen molar-refractivity contribution in [1.82, 2.24) is 15.0 Å². The summed E-state index contributed by atoms with van der Waals surface area (Å²) in [6, 6.07) is 3.87. The van der Waals surface area contributed by atoms with E-state index in [1.54, 1.807) is 6.20 Å². The molecular weight excluding hydrogens is 230 g/mol. The predicted octanol–water partition coefficient (Wildman–Crippen LogP) is 0.946. The first-order chi connectivity index (χ1) is 8.69. The summed E-state index contributed by atoms with van der Waals surface area (Å²) >= 11 is 0. The van der Waals surface area contributed by atoms with Crippen molar-refractivity contribution < 1.29 is 9.90 Å². The van der Waals surface area contributed by atoms with Gasteiger partial charge in [0.25, 0.3) is 0 Å². The van der Waals surface area contributed by atoms with E-state index < -0.39 is 6.61 Å². The van der Waals surface area contributed by atoms with Gasteiger partial charge in [-0.1, -0.05) is 0 Å². The normalized spacial score (nSPS) is 10.3. The number of hydrogen-bond donors (Lipinski definition) is 1. The third-order valence-electron chi connectivity index (χ3n) is 2.49. The highest BCUT2D eigenvalue weighted by atomic mass is 16.3. The largest absolute Gasteiger partial charge is 0.388 e. The second kappa shape index (κ2) is 5.46. The SMILES string of the molecule is Cc1cc(Cc2ncc(C(=O)CO)cn2)ccn1. The first-order valence-electron chi connectivity index (χ1n) is 5.55. The van der Waals surface area contributed by atoms with Crippen molar-refractivity contribution >= 4 is 5.78 Å². The fourth-order valence-electron chi connectivity index (χ4n) is 1.58. The molecule has 0 saturated carbocycles. The predicted molar refractivity (Wildman–Crippen MR) is 65.2 cm³/mol. The molecule has 0 aromatic carbocycles. The van der Waals surface area contributed by atoms with E-state index in [4.69, 9.17) is 5.11 Å². The van der Waals surface area contributed by atoms with Crippen LogP contribution in [0.4, 0.5) is 0 Å². The lowest BCUT2D eigenvalue weighted by atomic mass is 10.1. The lowest BCUT2D eigenvalue weighted by molar-refractivity contribution is 0.0903. The van der Waals surface area contributed by atoms with E-state index in [-0.39, 0.29) is 5.78 Å². The van der Waals surface area contributed by atoms with Crippen LogP contribution in [0.2, 0.25) is 0 Å². The quantitative estimate of drug-likeness (QED) is 0.809. The average molecular weight is 243 g/mol. The number of aliphatic hydroxyl groups excluding tert-OH is 1. The van der Waals surface area contributed by atoms with Gasteiger partial charge >= 0.3 is 0 Å². The van der Waals surface area contributed by atoms with Crippen molar-refractivity contribution in [2.75, 3.05) is 6.61 Å². The molecule has 2 heterocycles. The molecule has 2 rings (SSSR count). The molecule has 5 heteroatoms. The average Bonchev–Trinajstić information content (AvgIpc) is 2.39. The molecule has 2 aromatic rings. The zero-order chi connectivity index (χ0) is 13.0. The van der Waals surface area contributed by atoms with Gasteiger partial charge in [0, 0.05) is 30.7 Å². The van der Waals surface area contributed by atoms with Gasteiger partial charge in [-0.3, -0.25) is 9.78 Å². The minimum absolute atomic E-state index is 0.326. The first kappa shape index (κ1) is 12.3. The number of Topliss-reactive ketones (excluding diaryl/α,β-unsaturated/α-hetero) is 1. The maximum absolute atomic E-state index is 11.2. The van der Waals surface area contributed by atoms with Crippen LogP contribution in [0.15, 0.2) is 30.7 Å². The van der Waals surface area contributed by atoms with Crippen LogP contribution in [0.5, 0.6) is 0 Å². The molecule has 0 bridgehead atoms. The van der Waals surface area contributed by atoms with Gasteiger partial charge in [0.1, 0.15) is 12.4 Å². The van der Waals surface area contributed by atoms with Crippen molar-refractivity contribution in [3.63, 3.8) is 0 Å². The molecule has 0 saturated heterocycles. The standard InChI is InChI=1S/C13H13N3O2/c1-9-4-10(2-3-14-9)5-13-15-6-11(7-16-13)12(18)8-17/h2-4,6-7,17H,5,8H2,1H3. The van der Waals surface area contributed by atoms with E-state index in [1.807, 2.05) is 19.1 Å². The topological polar surface area (TPSA) is 76.0 Å². The van der Waals surface area contributed by atoms with Gasteiger partial charge in [0.15, 0.2) is 5.78 Å². The molecule has 0 unspecified atom stereocenters. The van der Waals surface area contributed by atoms with E-state index in [0.717, 1.165) is 11.3 Å². The molecule has 0 aliphatic carbocycles. The highest BCUT2D eigenvalue weighted by Crippen LogP contribution is 2.06. The van der Waals surface area contributed by atoms with Crippen molar-refractivity contribution in [3.05, 3.63) is 53.4 Å². The molecule has 0 atom stereocenters. The Morgan fingerprint density at radius 1 is 1.28 bits per heavy atom. The minimum atomic E-state index is -0.522. The summed E-state index contributed by atoms with van der Waals surface area (Å²) in [6.45, 7) is 1.40. The van der Waals surface area contributed by atoms with E-state index in [0.29, 0.717) is 17.8 Å². The van der Waals surface area contributed by atoms with Crippen LogP contribution in [0.25, 0.3) is 0 Å². The third-order valence-corrected chi connectivity index (χ3v) is 2.49. The number of aliphatic hydroxyl groups is 1. The number of carbonyl (C=O) groups is 1. The van der Waals surface area contributed by atoms with Crippen molar-refractivity contribution in [1.29, 1.82) is 0 Å². The van der Waals surface area contributed by atoms with Gasteiger partial charge in [-0.2, -0.15) is 0 Å². The number of hydrogen-bond acceptors (Lipinski definition) is 5. The Kier molecular flexibility index (Phi) is 3.74. The number of pyridine rings is 1. The maximum Gasteiger partial charge on any atom is 0.191 e. The Hall–Kier alpha value is -2.14. The molecular formula is C13H13N3O2. The number of carbonyl (C=O) groups excluding carboxylic acids is 1. The minimum Gasteiger partial charge on any atom is -0.388 e. The Morgan fingerprint density at radius 3 is 2.61 bits per heavy atom. The number of aryl methyl sites for hydroxylation is 1. The zero-order valence-corrected chi connectivity index (χ0v) is 10.00. The van der Waals surface area contributed by atoms with Crippen molar-refractivity contribution in [2.45, 2.75) is 13.3 Å². The molecule has 18 heavy (non-hydrogen) atoms. The summed E-state index contributed by atoms with van der Waals surface area (Å²) in [6.07, 6.45) is 5.22.